The number of hydrogen-bond donors (Lipinski definition) is 0. The summed E-state index contributed by atoms with van der Waals surface area (Å²) in [5.74, 6) is -0.348. The van der Waals surface area contributed by atoms with E-state index in [1.807, 2.05) is 6.07 Å². The Hall–Kier alpha value is -2.03. The third kappa shape index (κ3) is 5.74. The first-order chi connectivity index (χ1) is 9.65. The van der Waals surface area contributed by atoms with Crippen molar-refractivity contribution in [3.8, 4) is 0 Å². The van der Waals surface area contributed by atoms with E-state index in [4.69, 9.17) is 9.47 Å². The average Bonchev–Trinajstić information content (AvgIpc) is 2.47. The van der Waals surface area contributed by atoms with E-state index in [0.717, 1.165) is 12.8 Å². The normalized spacial score (nSPS) is 12.1. The lowest BCUT2D eigenvalue weighted by Crippen LogP contribution is -2.16. The largest absolute Gasteiger partial charge is 0.501 e. The van der Waals surface area contributed by atoms with Crippen LogP contribution in [0.15, 0.2) is 54.8 Å². The van der Waals surface area contributed by atoms with Gasteiger partial charge in [-0.25, -0.2) is 4.79 Å². The summed E-state index contributed by atoms with van der Waals surface area (Å²) in [4.78, 5) is 11.9. The lowest BCUT2D eigenvalue weighted by molar-refractivity contribution is 0.0411. The molecule has 0 saturated heterocycles. The summed E-state index contributed by atoms with van der Waals surface area (Å²) in [7, 11) is 0. The molecular weight excluding hydrogens is 252 g/mol. The Morgan fingerprint density at radius 2 is 2.05 bits per heavy atom. The molecule has 3 heteroatoms. The van der Waals surface area contributed by atoms with Crippen molar-refractivity contribution in [2.45, 2.75) is 32.8 Å². The van der Waals surface area contributed by atoms with Crippen LogP contribution in [0.3, 0.4) is 0 Å². The quantitative estimate of drug-likeness (QED) is 0.309. The molecule has 0 fully saturated rings. The van der Waals surface area contributed by atoms with Crippen molar-refractivity contribution >= 4 is 5.97 Å². The number of ether oxygens (including phenoxy) is 2. The minimum Gasteiger partial charge on any atom is -0.501 e. The molecule has 1 rings (SSSR count). The molecule has 108 valence electrons. The van der Waals surface area contributed by atoms with Crippen LogP contribution in [0.4, 0.5) is 0 Å². The highest BCUT2D eigenvalue weighted by Crippen LogP contribution is 2.10. The number of esters is 1. The van der Waals surface area contributed by atoms with Gasteiger partial charge in [-0.1, -0.05) is 38.1 Å². The molecule has 0 bridgehead atoms. The van der Waals surface area contributed by atoms with Gasteiger partial charge in [0, 0.05) is 0 Å². The molecule has 0 aliphatic rings. The molecule has 0 amide bonds. The van der Waals surface area contributed by atoms with E-state index in [0.29, 0.717) is 17.7 Å². The maximum absolute atomic E-state index is 11.9. The van der Waals surface area contributed by atoms with E-state index in [1.165, 1.54) is 0 Å². The van der Waals surface area contributed by atoms with Crippen molar-refractivity contribution in [3.63, 3.8) is 0 Å². The Balaban J connectivity index is 2.40. The van der Waals surface area contributed by atoms with Gasteiger partial charge in [0.1, 0.15) is 6.10 Å². The van der Waals surface area contributed by atoms with Crippen LogP contribution in [0.1, 0.15) is 37.0 Å². The van der Waals surface area contributed by atoms with E-state index >= 15 is 0 Å². The van der Waals surface area contributed by atoms with Crippen molar-refractivity contribution in [2.75, 3.05) is 6.61 Å². The summed E-state index contributed by atoms with van der Waals surface area (Å²) >= 11 is 0. The van der Waals surface area contributed by atoms with Gasteiger partial charge in [-0.05, 0) is 37.1 Å². The number of hydrogen-bond acceptors (Lipinski definition) is 3. The van der Waals surface area contributed by atoms with Crippen molar-refractivity contribution in [1.29, 1.82) is 0 Å². The molecular formula is C17H22O3. The zero-order chi connectivity index (χ0) is 14.8. The molecule has 1 unspecified atom stereocenters. The van der Waals surface area contributed by atoms with Crippen LogP contribution in [0.25, 0.3) is 0 Å². The van der Waals surface area contributed by atoms with Crippen LogP contribution in [-0.4, -0.2) is 18.7 Å². The predicted molar refractivity (Wildman–Crippen MR) is 80.5 cm³/mol. The summed E-state index contributed by atoms with van der Waals surface area (Å²) < 4.78 is 10.6. The Morgan fingerprint density at radius 3 is 2.70 bits per heavy atom. The van der Waals surface area contributed by atoms with Gasteiger partial charge < -0.3 is 9.47 Å². The van der Waals surface area contributed by atoms with Gasteiger partial charge in [0.2, 0.25) is 0 Å². The van der Waals surface area contributed by atoms with Crippen molar-refractivity contribution in [2.24, 2.45) is 0 Å². The van der Waals surface area contributed by atoms with Crippen LogP contribution in [0.2, 0.25) is 0 Å². The summed E-state index contributed by atoms with van der Waals surface area (Å²) in [6.07, 6.45) is 5.08. The lowest BCUT2D eigenvalue weighted by Gasteiger charge is -2.13. The number of unbranched alkanes of at least 4 members (excludes halogenated alkanes) is 1. The first kappa shape index (κ1) is 16.0. The molecule has 1 aromatic rings. The molecule has 0 spiro atoms. The van der Waals surface area contributed by atoms with Gasteiger partial charge in [0.15, 0.2) is 0 Å². The van der Waals surface area contributed by atoms with Crippen molar-refractivity contribution in [3.05, 3.63) is 60.4 Å². The predicted octanol–water partition coefficient (Wildman–Crippen LogP) is 4.12. The zero-order valence-electron chi connectivity index (χ0n) is 12.2. The topological polar surface area (TPSA) is 35.5 Å². The molecule has 0 aromatic heterocycles. The Morgan fingerprint density at radius 1 is 1.35 bits per heavy atom. The van der Waals surface area contributed by atoms with Crippen LogP contribution in [0.5, 0.6) is 0 Å². The second kappa shape index (κ2) is 8.97. The Kier molecular flexibility index (Phi) is 7.18. The van der Waals surface area contributed by atoms with Crippen LogP contribution in [0, 0.1) is 0 Å². The van der Waals surface area contributed by atoms with E-state index in [9.17, 15) is 4.79 Å². The lowest BCUT2D eigenvalue weighted by atomic mass is 10.2. The molecule has 0 saturated carbocycles. The van der Waals surface area contributed by atoms with Crippen molar-refractivity contribution in [1.82, 2.24) is 0 Å². The van der Waals surface area contributed by atoms with Gasteiger partial charge in [-0.2, -0.15) is 0 Å². The molecule has 0 aliphatic carbocycles. The van der Waals surface area contributed by atoms with Gasteiger partial charge in [-0.3, -0.25) is 0 Å². The molecule has 1 atom stereocenters. The smallest absolute Gasteiger partial charge is 0.338 e. The first-order valence-corrected chi connectivity index (χ1v) is 6.88. The Labute approximate surface area is 120 Å². The number of carbonyl (C=O) groups is 1. The fourth-order valence-corrected chi connectivity index (χ4v) is 1.45. The molecule has 1 aromatic carbocycles. The van der Waals surface area contributed by atoms with Gasteiger partial charge in [0.05, 0.1) is 18.4 Å². The number of rotatable bonds is 8. The average molecular weight is 274 g/mol. The molecule has 0 aliphatic heterocycles. The van der Waals surface area contributed by atoms with E-state index in [-0.39, 0.29) is 12.1 Å². The minimum absolute atomic E-state index is 0.348. The summed E-state index contributed by atoms with van der Waals surface area (Å²) in [6.45, 7) is 8.47. The highest BCUT2D eigenvalue weighted by molar-refractivity contribution is 5.89. The summed E-state index contributed by atoms with van der Waals surface area (Å²) in [5, 5.41) is 0. The number of carbonyl (C=O) groups excluding carboxylic acids is 1. The highest BCUT2D eigenvalue weighted by Gasteiger charge is 2.12. The fraction of sp³-hybridized carbons (Fsp3) is 0.353. The molecule has 0 radical (unpaired) electrons. The number of benzene rings is 1. The van der Waals surface area contributed by atoms with Gasteiger partial charge >= 0.3 is 5.97 Å². The summed E-state index contributed by atoms with van der Waals surface area (Å²) in [5.41, 5.74) is 1.24. The summed E-state index contributed by atoms with van der Waals surface area (Å²) in [6, 6.07) is 8.91. The fourth-order valence-electron chi connectivity index (χ4n) is 1.45. The van der Waals surface area contributed by atoms with Gasteiger partial charge in [-0.15, -0.1) is 0 Å². The Bertz CT molecular complexity index is 449. The SMILES string of the molecule is C=C(/C=C/OCCCC)C(C)OC(=O)c1ccccc1. The second-order valence-electron chi connectivity index (χ2n) is 4.52. The third-order valence-corrected chi connectivity index (χ3v) is 2.81. The van der Waals surface area contributed by atoms with E-state index in [2.05, 4.69) is 13.5 Å². The third-order valence-electron chi connectivity index (χ3n) is 2.81. The standard InChI is InChI=1S/C17H22O3/c1-4-5-12-19-13-11-14(2)15(3)20-17(18)16-9-7-6-8-10-16/h6-11,13,15H,2,4-5,12H2,1,3H3/b13-11+. The van der Waals surface area contributed by atoms with Crippen LogP contribution >= 0.6 is 0 Å². The molecule has 0 heterocycles. The van der Waals surface area contributed by atoms with E-state index < -0.39 is 0 Å². The second-order valence-corrected chi connectivity index (χ2v) is 4.52. The maximum Gasteiger partial charge on any atom is 0.338 e. The monoisotopic (exact) mass is 274 g/mol. The zero-order valence-corrected chi connectivity index (χ0v) is 12.2. The first-order valence-electron chi connectivity index (χ1n) is 6.88. The van der Waals surface area contributed by atoms with Crippen molar-refractivity contribution < 1.29 is 14.3 Å². The maximum atomic E-state index is 11.9. The van der Waals surface area contributed by atoms with E-state index in [1.54, 1.807) is 43.5 Å². The molecule has 20 heavy (non-hydrogen) atoms. The molecule has 0 N–H and O–H groups in total. The molecule has 3 nitrogen and oxygen atoms in total. The highest BCUT2D eigenvalue weighted by atomic mass is 16.5. The van der Waals surface area contributed by atoms with Gasteiger partial charge in [0.25, 0.3) is 0 Å². The van der Waals surface area contributed by atoms with Crippen LogP contribution in [-0.2, 0) is 9.47 Å². The minimum atomic E-state index is -0.381. The van der Waals surface area contributed by atoms with Crippen LogP contribution < -0.4 is 0 Å².